The van der Waals surface area contributed by atoms with Gasteiger partial charge in [-0.05, 0) is 34.1 Å². The number of anilines is 1. The molecule has 0 saturated heterocycles. The largest absolute Gasteiger partial charge is 0.456 e. The van der Waals surface area contributed by atoms with E-state index >= 15 is 0 Å². The summed E-state index contributed by atoms with van der Waals surface area (Å²) in [5.74, 6) is 0.320. The summed E-state index contributed by atoms with van der Waals surface area (Å²) in [6.07, 6.45) is -1.54. The van der Waals surface area contributed by atoms with Crippen molar-refractivity contribution < 1.29 is 17.9 Å². The highest BCUT2D eigenvalue weighted by atomic mass is 79.9. The lowest BCUT2D eigenvalue weighted by atomic mass is 10.2. The molecule has 2 rings (SSSR count). The molecular weight excluding hydrogens is 325 g/mol. The van der Waals surface area contributed by atoms with Gasteiger partial charge in [0.1, 0.15) is 11.5 Å². The standard InChI is InChI=1S/C12H8BrF3N2O/c13-8-3-11(6-18-5-8)19-10-2-7(12(14,15)16)1-9(17)4-10/h1-6H,17H2. The number of nitrogens with zero attached hydrogens (tertiary/aromatic N) is 1. The van der Waals surface area contributed by atoms with Crippen molar-refractivity contribution in [1.29, 1.82) is 0 Å². The molecule has 100 valence electrons. The van der Waals surface area contributed by atoms with E-state index in [0.717, 1.165) is 12.1 Å². The van der Waals surface area contributed by atoms with Gasteiger partial charge in [-0.25, -0.2) is 0 Å². The van der Waals surface area contributed by atoms with Gasteiger partial charge < -0.3 is 10.5 Å². The first-order valence-electron chi connectivity index (χ1n) is 5.11. The monoisotopic (exact) mass is 332 g/mol. The van der Waals surface area contributed by atoms with Crippen molar-refractivity contribution in [3.05, 3.63) is 46.7 Å². The summed E-state index contributed by atoms with van der Waals surface area (Å²) >= 11 is 3.19. The third kappa shape index (κ3) is 3.60. The maximum Gasteiger partial charge on any atom is 0.416 e. The van der Waals surface area contributed by atoms with Crippen molar-refractivity contribution in [2.75, 3.05) is 5.73 Å². The molecule has 0 aliphatic carbocycles. The summed E-state index contributed by atoms with van der Waals surface area (Å²) in [4.78, 5) is 3.85. The second-order valence-electron chi connectivity index (χ2n) is 3.73. The first-order chi connectivity index (χ1) is 8.84. The predicted octanol–water partition coefficient (Wildman–Crippen LogP) is 4.24. The summed E-state index contributed by atoms with van der Waals surface area (Å²) in [5, 5.41) is 0. The van der Waals surface area contributed by atoms with Crippen molar-refractivity contribution in [3.8, 4) is 11.5 Å². The molecule has 1 aromatic heterocycles. The van der Waals surface area contributed by atoms with Crippen LogP contribution in [0.1, 0.15) is 5.56 Å². The number of hydrogen-bond donors (Lipinski definition) is 1. The van der Waals surface area contributed by atoms with Crippen molar-refractivity contribution in [2.24, 2.45) is 0 Å². The Bertz CT molecular complexity index is 602. The van der Waals surface area contributed by atoms with Gasteiger partial charge in [0.15, 0.2) is 0 Å². The zero-order valence-electron chi connectivity index (χ0n) is 9.41. The first kappa shape index (κ1) is 13.7. The summed E-state index contributed by atoms with van der Waals surface area (Å²) in [7, 11) is 0. The van der Waals surface area contributed by atoms with Gasteiger partial charge in [-0.15, -0.1) is 0 Å². The quantitative estimate of drug-likeness (QED) is 0.837. The second kappa shape index (κ2) is 5.08. The summed E-state index contributed by atoms with van der Waals surface area (Å²) in [5.41, 5.74) is 4.56. The van der Waals surface area contributed by atoms with Gasteiger partial charge in [-0.1, -0.05) is 0 Å². The molecule has 0 aliphatic heterocycles. The minimum absolute atomic E-state index is 0.00669. The van der Waals surface area contributed by atoms with Crippen LogP contribution in [0, 0.1) is 0 Å². The molecule has 7 heteroatoms. The van der Waals surface area contributed by atoms with E-state index in [4.69, 9.17) is 10.5 Å². The Hall–Kier alpha value is -1.76. The second-order valence-corrected chi connectivity index (χ2v) is 4.65. The van der Waals surface area contributed by atoms with Gasteiger partial charge in [-0.2, -0.15) is 13.2 Å². The third-order valence-corrected chi connectivity index (χ3v) is 2.61. The average molecular weight is 333 g/mol. The third-order valence-electron chi connectivity index (χ3n) is 2.17. The molecule has 0 atom stereocenters. The number of pyridine rings is 1. The Balaban J connectivity index is 2.33. The normalized spacial score (nSPS) is 11.4. The Kier molecular flexibility index (Phi) is 3.66. The van der Waals surface area contributed by atoms with Crippen LogP contribution in [-0.4, -0.2) is 4.98 Å². The molecule has 1 heterocycles. The summed E-state index contributed by atoms with van der Waals surface area (Å²) < 4.78 is 43.8. The number of nitrogens with two attached hydrogens (primary N) is 1. The van der Waals surface area contributed by atoms with E-state index in [0.29, 0.717) is 10.2 Å². The molecule has 2 N–H and O–H groups in total. The molecule has 0 saturated carbocycles. The molecule has 0 unspecified atom stereocenters. The molecule has 0 bridgehead atoms. The average Bonchev–Trinajstić information content (AvgIpc) is 2.26. The van der Waals surface area contributed by atoms with Crippen molar-refractivity contribution in [1.82, 2.24) is 4.98 Å². The van der Waals surface area contributed by atoms with Crippen molar-refractivity contribution in [2.45, 2.75) is 6.18 Å². The Morgan fingerprint density at radius 1 is 1.05 bits per heavy atom. The highest BCUT2D eigenvalue weighted by Crippen LogP contribution is 2.34. The smallest absolute Gasteiger partial charge is 0.416 e. The lowest BCUT2D eigenvalue weighted by Crippen LogP contribution is -2.06. The minimum atomic E-state index is -4.47. The molecular formula is C12H8BrF3N2O. The van der Waals surface area contributed by atoms with E-state index in [-0.39, 0.29) is 11.4 Å². The van der Waals surface area contributed by atoms with Crippen LogP contribution >= 0.6 is 15.9 Å². The number of alkyl halides is 3. The van der Waals surface area contributed by atoms with Crippen LogP contribution in [0.2, 0.25) is 0 Å². The summed E-state index contributed by atoms with van der Waals surface area (Å²) in [6, 6.07) is 4.64. The van der Waals surface area contributed by atoms with Gasteiger partial charge in [0.05, 0.1) is 11.8 Å². The lowest BCUT2D eigenvalue weighted by Gasteiger charge is -2.11. The van der Waals surface area contributed by atoms with Crippen LogP contribution in [0.5, 0.6) is 11.5 Å². The maximum absolute atomic E-state index is 12.6. The van der Waals surface area contributed by atoms with E-state index < -0.39 is 11.7 Å². The van der Waals surface area contributed by atoms with E-state index in [1.165, 1.54) is 18.5 Å². The Morgan fingerprint density at radius 2 is 1.79 bits per heavy atom. The topological polar surface area (TPSA) is 48.1 Å². The minimum Gasteiger partial charge on any atom is -0.456 e. The fraction of sp³-hybridized carbons (Fsp3) is 0.0833. The fourth-order valence-corrected chi connectivity index (χ4v) is 1.77. The number of aromatic nitrogens is 1. The van der Waals surface area contributed by atoms with Crippen LogP contribution in [0.15, 0.2) is 41.1 Å². The number of benzene rings is 1. The molecule has 3 nitrogen and oxygen atoms in total. The molecule has 1 aromatic carbocycles. The molecule has 2 aromatic rings. The molecule has 0 aliphatic rings. The number of ether oxygens (including phenoxy) is 1. The number of rotatable bonds is 2. The van der Waals surface area contributed by atoms with Crippen LogP contribution in [0.25, 0.3) is 0 Å². The van der Waals surface area contributed by atoms with Gasteiger partial charge in [0.2, 0.25) is 0 Å². The maximum atomic E-state index is 12.6. The number of nitrogen functional groups attached to an aromatic ring is 1. The van der Waals surface area contributed by atoms with E-state index in [2.05, 4.69) is 20.9 Å². The van der Waals surface area contributed by atoms with Crippen molar-refractivity contribution >= 4 is 21.6 Å². The van der Waals surface area contributed by atoms with Gasteiger partial charge >= 0.3 is 6.18 Å². The van der Waals surface area contributed by atoms with Crippen molar-refractivity contribution in [3.63, 3.8) is 0 Å². The van der Waals surface area contributed by atoms with Crippen LogP contribution in [-0.2, 0) is 6.18 Å². The van der Waals surface area contributed by atoms with Crippen LogP contribution in [0.4, 0.5) is 18.9 Å². The lowest BCUT2D eigenvalue weighted by molar-refractivity contribution is -0.137. The fourth-order valence-electron chi connectivity index (χ4n) is 1.43. The molecule has 0 spiro atoms. The highest BCUT2D eigenvalue weighted by molar-refractivity contribution is 9.10. The molecule has 0 amide bonds. The van der Waals surface area contributed by atoms with Crippen LogP contribution < -0.4 is 10.5 Å². The number of halogens is 4. The van der Waals surface area contributed by atoms with Gasteiger partial charge in [0, 0.05) is 22.4 Å². The Labute approximate surface area is 115 Å². The number of hydrogen-bond acceptors (Lipinski definition) is 3. The summed E-state index contributed by atoms with van der Waals surface area (Å²) in [6.45, 7) is 0. The van der Waals surface area contributed by atoms with E-state index in [1.807, 2.05) is 0 Å². The molecule has 19 heavy (non-hydrogen) atoms. The van der Waals surface area contributed by atoms with Crippen LogP contribution in [0.3, 0.4) is 0 Å². The van der Waals surface area contributed by atoms with E-state index in [9.17, 15) is 13.2 Å². The zero-order chi connectivity index (χ0) is 14.0. The van der Waals surface area contributed by atoms with E-state index in [1.54, 1.807) is 6.07 Å². The Morgan fingerprint density at radius 3 is 2.42 bits per heavy atom. The zero-order valence-corrected chi connectivity index (χ0v) is 11.0. The highest BCUT2D eigenvalue weighted by Gasteiger charge is 2.31. The van der Waals surface area contributed by atoms with Gasteiger partial charge in [-0.3, -0.25) is 4.98 Å². The molecule has 0 fully saturated rings. The predicted molar refractivity (Wildman–Crippen MR) is 67.9 cm³/mol. The first-order valence-corrected chi connectivity index (χ1v) is 5.90. The van der Waals surface area contributed by atoms with Gasteiger partial charge in [0.25, 0.3) is 0 Å². The molecule has 0 radical (unpaired) electrons. The SMILES string of the molecule is Nc1cc(Oc2cncc(Br)c2)cc(C(F)(F)F)c1.